The highest BCUT2D eigenvalue weighted by Gasteiger charge is 2.23. The molecular weight excluding hydrogens is 248 g/mol. The predicted molar refractivity (Wildman–Crippen MR) is 77.2 cm³/mol. The Morgan fingerprint density at radius 1 is 1.39 bits per heavy atom. The van der Waals surface area contributed by atoms with Crippen LogP contribution in [-0.2, 0) is 4.74 Å². The summed E-state index contributed by atoms with van der Waals surface area (Å²) in [6.07, 6.45) is 3.89. The van der Waals surface area contributed by atoms with Gasteiger partial charge in [0, 0.05) is 31.4 Å². The Kier molecular flexibility index (Phi) is 6.29. The molecule has 106 valence electrons. The van der Waals surface area contributed by atoms with E-state index in [2.05, 4.69) is 16.5 Å². The molecule has 0 radical (unpaired) electrons. The number of amides is 1. The van der Waals surface area contributed by atoms with Crippen molar-refractivity contribution in [3.63, 3.8) is 0 Å². The third-order valence-electron chi connectivity index (χ3n) is 2.92. The van der Waals surface area contributed by atoms with Gasteiger partial charge in [0.1, 0.15) is 5.60 Å². The summed E-state index contributed by atoms with van der Waals surface area (Å²) < 4.78 is 5.27. The largest absolute Gasteiger partial charge is 0.444 e. The first kappa shape index (κ1) is 15.6. The van der Waals surface area contributed by atoms with Gasteiger partial charge in [0.2, 0.25) is 0 Å². The van der Waals surface area contributed by atoms with Crippen LogP contribution >= 0.6 is 11.8 Å². The highest BCUT2D eigenvalue weighted by atomic mass is 32.2. The molecule has 1 rings (SSSR count). The average Bonchev–Trinajstić information content (AvgIpc) is 2.25. The van der Waals surface area contributed by atoms with Crippen LogP contribution in [0.4, 0.5) is 4.79 Å². The number of thioether (sulfide) groups is 1. The van der Waals surface area contributed by atoms with Crippen molar-refractivity contribution >= 4 is 17.9 Å². The van der Waals surface area contributed by atoms with Crippen molar-refractivity contribution in [2.45, 2.75) is 45.3 Å². The second kappa shape index (κ2) is 7.24. The number of nitrogens with zero attached hydrogens (tertiary/aromatic N) is 1. The van der Waals surface area contributed by atoms with Crippen molar-refractivity contribution in [2.24, 2.45) is 0 Å². The van der Waals surface area contributed by atoms with E-state index in [1.165, 1.54) is 5.75 Å². The fraction of sp³-hybridized carbons (Fsp3) is 0.923. The Hall–Kier alpha value is -0.420. The smallest absolute Gasteiger partial charge is 0.407 e. The Morgan fingerprint density at radius 3 is 2.50 bits per heavy atom. The number of rotatable bonds is 4. The maximum atomic E-state index is 11.6. The van der Waals surface area contributed by atoms with Crippen LogP contribution in [0.2, 0.25) is 0 Å². The fourth-order valence-corrected chi connectivity index (χ4v) is 2.44. The number of hydrogen-bond donors (Lipinski definition) is 1. The highest BCUT2D eigenvalue weighted by Crippen LogP contribution is 2.12. The number of ether oxygens (including phenoxy) is 1. The van der Waals surface area contributed by atoms with Gasteiger partial charge in [-0.1, -0.05) is 0 Å². The predicted octanol–water partition coefficient (Wildman–Crippen LogP) is 2.34. The molecule has 18 heavy (non-hydrogen) atoms. The molecule has 0 aliphatic carbocycles. The first-order valence-electron chi connectivity index (χ1n) is 6.61. The molecule has 0 unspecified atom stereocenters. The number of likely N-dealkylation sites (tertiary alicyclic amines) is 1. The standard InChI is InChI=1S/C13H26N2O2S/c1-13(2,3)17-12(16)14-11-5-7-15(8-6-11)9-10-18-4/h11H,5-10H2,1-4H3,(H,14,16). The number of nitrogens with one attached hydrogen (secondary N) is 1. The minimum atomic E-state index is -0.414. The number of hydrogen-bond acceptors (Lipinski definition) is 4. The maximum absolute atomic E-state index is 11.6. The van der Waals surface area contributed by atoms with Gasteiger partial charge >= 0.3 is 6.09 Å². The Labute approximate surface area is 115 Å². The van der Waals surface area contributed by atoms with Crippen molar-refractivity contribution in [2.75, 3.05) is 31.6 Å². The number of alkyl carbamates (subject to hydrolysis) is 1. The van der Waals surface area contributed by atoms with Gasteiger partial charge in [0.15, 0.2) is 0 Å². The topological polar surface area (TPSA) is 41.6 Å². The van der Waals surface area contributed by atoms with Gasteiger partial charge < -0.3 is 15.0 Å². The molecule has 0 aromatic carbocycles. The molecule has 0 spiro atoms. The zero-order valence-electron chi connectivity index (χ0n) is 12.0. The molecule has 0 aromatic heterocycles. The van der Waals surface area contributed by atoms with Gasteiger partial charge in [-0.05, 0) is 39.9 Å². The summed E-state index contributed by atoms with van der Waals surface area (Å²) in [4.78, 5) is 14.1. The number of piperidine rings is 1. The summed E-state index contributed by atoms with van der Waals surface area (Å²) >= 11 is 1.88. The van der Waals surface area contributed by atoms with Crippen LogP contribution in [0, 0.1) is 0 Å². The van der Waals surface area contributed by atoms with Crippen LogP contribution < -0.4 is 5.32 Å². The second-order valence-electron chi connectivity index (χ2n) is 5.75. The van der Waals surface area contributed by atoms with Crippen molar-refractivity contribution in [3.8, 4) is 0 Å². The van der Waals surface area contributed by atoms with Crippen molar-refractivity contribution in [3.05, 3.63) is 0 Å². The second-order valence-corrected chi connectivity index (χ2v) is 6.74. The fourth-order valence-electron chi connectivity index (χ4n) is 2.00. The SMILES string of the molecule is CSCCN1CCC(NC(=O)OC(C)(C)C)CC1. The molecule has 0 bridgehead atoms. The molecule has 1 saturated heterocycles. The van der Waals surface area contributed by atoms with E-state index in [0.717, 1.165) is 32.5 Å². The van der Waals surface area contributed by atoms with Crippen LogP contribution in [0.1, 0.15) is 33.6 Å². The van der Waals surface area contributed by atoms with E-state index in [4.69, 9.17) is 4.74 Å². The molecule has 5 heteroatoms. The van der Waals surface area contributed by atoms with Crippen LogP contribution in [-0.4, -0.2) is 54.3 Å². The molecular formula is C13H26N2O2S. The zero-order valence-corrected chi connectivity index (χ0v) is 12.8. The number of carbonyl (C=O) groups excluding carboxylic acids is 1. The summed E-state index contributed by atoms with van der Waals surface area (Å²) in [5.74, 6) is 1.18. The lowest BCUT2D eigenvalue weighted by atomic mass is 10.1. The monoisotopic (exact) mass is 274 g/mol. The third-order valence-corrected chi connectivity index (χ3v) is 3.51. The van der Waals surface area contributed by atoms with Gasteiger partial charge in [-0.15, -0.1) is 0 Å². The zero-order chi connectivity index (χ0) is 13.6. The molecule has 4 nitrogen and oxygen atoms in total. The molecule has 0 aromatic rings. The molecule has 1 N–H and O–H groups in total. The summed E-state index contributed by atoms with van der Waals surface area (Å²) in [6.45, 7) is 8.95. The van der Waals surface area contributed by atoms with E-state index in [1.807, 2.05) is 32.5 Å². The Bertz CT molecular complexity index is 258. The molecule has 1 aliphatic rings. The minimum absolute atomic E-state index is 0.269. The van der Waals surface area contributed by atoms with Crippen molar-refractivity contribution in [1.82, 2.24) is 10.2 Å². The average molecular weight is 274 g/mol. The van der Waals surface area contributed by atoms with Crippen molar-refractivity contribution in [1.29, 1.82) is 0 Å². The molecule has 1 aliphatic heterocycles. The molecule has 0 atom stereocenters. The lowest BCUT2D eigenvalue weighted by molar-refractivity contribution is 0.0480. The molecule has 1 fully saturated rings. The minimum Gasteiger partial charge on any atom is -0.444 e. The normalized spacial score (nSPS) is 18.7. The molecule has 1 heterocycles. The van der Waals surface area contributed by atoms with E-state index in [0.29, 0.717) is 0 Å². The third kappa shape index (κ3) is 6.50. The van der Waals surface area contributed by atoms with Gasteiger partial charge in [0.05, 0.1) is 0 Å². The van der Waals surface area contributed by atoms with Gasteiger partial charge in [-0.25, -0.2) is 4.79 Å². The molecule has 1 amide bonds. The number of carbonyl (C=O) groups is 1. The molecule has 0 saturated carbocycles. The van der Waals surface area contributed by atoms with E-state index >= 15 is 0 Å². The lowest BCUT2D eigenvalue weighted by Gasteiger charge is -2.32. The van der Waals surface area contributed by atoms with Gasteiger partial charge in [-0.2, -0.15) is 11.8 Å². The Balaban J connectivity index is 2.21. The van der Waals surface area contributed by atoms with Crippen LogP contribution in [0.15, 0.2) is 0 Å². The summed E-state index contributed by atoms with van der Waals surface area (Å²) in [6, 6.07) is 0.269. The van der Waals surface area contributed by atoms with Crippen LogP contribution in [0.3, 0.4) is 0 Å². The van der Waals surface area contributed by atoms with Gasteiger partial charge in [0.25, 0.3) is 0 Å². The summed E-state index contributed by atoms with van der Waals surface area (Å²) in [5.41, 5.74) is -0.414. The van der Waals surface area contributed by atoms with E-state index in [9.17, 15) is 4.79 Å². The first-order chi connectivity index (χ1) is 8.40. The van der Waals surface area contributed by atoms with Crippen molar-refractivity contribution < 1.29 is 9.53 Å². The maximum Gasteiger partial charge on any atom is 0.407 e. The highest BCUT2D eigenvalue weighted by molar-refractivity contribution is 7.98. The van der Waals surface area contributed by atoms with Crippen LogP contribution in [0.25, 0.3) is 0 Å². The van der Waals surface area contributed by atoms with E-state index in [1.54, 1.807) is 0 Å². The summed E-state index contributed by atoms with van der Waals surface area (Å²) in [7, 11) is 0. The van der Waals surface area contributed by atoms with E-state index in [-0.39, 0.29) is 12.1 Å². The lowest BCUT2D eigenvalue weighted by Crippen LogP contribution is -2.46. The Morgan fingerprint density at radius 2 is 2.00 bits per heavy atom. The summed E-state index contributed by atoms with van der Waals surface area (Å²) in [5, 5.41) is 2.96. The quantitative estimate of drug-likeness (QED) is 0.854. The van der Waals surface area contributed by atoms with Crippen LogP contribution in [0.5, 0.6) is 0 Å². The van der Waals surface area contributed by atoms with E-state index < -0.39 is 5.60 Å². The van der Waals surface area contributed by atoms with Gasteiger partial charge in [-0.3, -0.25) is 0 Å². The first-order valence-corrected chi connectivity index (χ1v) is 8.01.